The third-order valence-corrected chi connectivity index (χ3v) is 7.41. The molecule has 0 aromatic heterocycles. The molecular weight excluding hydrogens is 518 g/mol. The summed E-state index contributed by atoms with van der Waals surface area (Å²) in [5.74, 6) is -1.12. The number of carbonyl (C=O) groups excluding carboxylic acids is 1. The van der Waals surface area contributed by atoms with E-state index in [2.05, 4.69) is 4.99 Å². The molecule has 2 aliphatic rings. The minimum atomic E-state index is -1.29. The molecule has 41 heavy (non-hydrogen) atoms. The number of nitrogens with zero attached hydrogens (tertiary/aromatic N) is 5. The number of anilines is 4. The summed E-state index contributed by atoms with van der Waals surface area (Å²) in [4.78, 5) is 37.7. The van der Waals surface area contributed by atoms with Crippen molar-refractivity contribution < 1.29 is 19.8 Å². The molecule has 1 unspecified atom stereocenters. The van der Waals surface area contributed by atoms with Gasteiger partial charge in [0, 0.05) is 42.8 Å². The van der Waals surface area contributed by atoms with Crippen molar-refractivity contribution in [3.63, 3.8) is 0 Å². The number of aliphatic hydroxyl groups excluding tert-OH is 1. The smallest absolute Gasteiger partial charge is 0.329 e. The van der Waals surface area contributed by atoms with Crippen LogP contribution < -0.4 is 9.80 Å². The number of aliphatic hydroxyl groups is 1. The molecule has 1 saturated heterocycles. The summed E-state index contributed by atoms with van der Waals surface area (Å²) in [6.07, 6.45) is 0.448. The molecule has 2 atom stereocenters. The Balaban J connectivity index is 1.31. The van der Waals surface area contributed by atoms with E-state index in [0.717, 1.165) is 5.56 Å². The second-order valence-corrected chi connectivity index (χ2v) is 9.85. The normalized spacial score (nSPS) is 17.2. The summed E-state index contributed by atoms with van der Waals surface area (Å²) < 4.78 is 0. The van der Waals surface area contributed by atoms with Crippen molar-refractivity contribution in [2.75, 3.05) is 29.4 Å². The van der Waals surface area contributed by atoms with Gasteiger partial charge in [-0.05, 0) is 42.5 Å². The van der Waals surface area contributed by atoms with Gasteiger partial charge in [-0.15, -0.1) is 0 Å². The SMILES string of the molecule is O=C(O)[C@@H]1CN(C(=O)N2c3ccccc3C=Nc3ccccc32)CCN1C(O)N(c1ccccc1)c1ccccc1. The Bertz CT molecular complexity index is 1490. The number of fused-ring (bicyclic) bond motifs is 2. The van der Waals surface area contributed by atoms with Gasteiger partial charge in [-0.3, -0.25) is 14.7 Å². The Morgan fingerprint density at radius 1 is 0.780 bits per heavy atom. The van der Waals surface area contributed by atoms with Crippen LogP contribution in [-0.2, 0) is 4.79 Å². The van der Waals surface area contributed by atoms with Gasteiger partial charge in [0.25, 0.3) is 0 Å². The number of aliphatic imine (C=N–C) groups is 1. The molecule has 0 spiro atoms. The molecule has 0 aliphatic carbocycles. The monoisotopic (exact) mass is 547 g/mol. The zero-order valence-corrected chi connectivity index (χ0v) is 22.2. The lowest BCUT2D eigenvalue weighted by Gasteiger charge is -2.45. The van der Waals surface area contributed by atoms with Crippen molar-refractivity contribution in [2.24, 2.45) is 4.99 Å². The second kappa shape index (κ2) is 11.2. The number of hydrogen-bond acceptors (Lipinski definition) is 6. The highest BCUT2D eigenvalue weighted by atomic mass is 16.4. The lowest BCUT2D eigenvalue weighted by molar-refractivity contribution is -0.151. The molecule has 9 nitrogen and oxygen atoms in total. The van der Waals surface area contributed by atoms with Gasteiger partial charge in [-0.25, -0.2) is 9.69 Å². The first-order valence-corrected chi connectivity index (χ1v) is 13.4. The first kappa shape index (κ1) is 26.2. The van der Waals surface area contributed by atoms with E-state index in [1.54, 1.807) is 16.0 Å². The first-order chi connectivity index (χ1) is 20.0. The number of aliphatic carboxylic acids is 1. The summed E-state index contributed by atoms with van der Waals surface area (Å²) >= 11 is 0. The van der Waals surface area contributed by atoms with Gasteiger partial charge in [0.1, 0.15) is 6.04 Å². The molecule has 2 aliphatic heterocycles. The lowest BCUT2D eigenvalue weighted by Crippen LogP contribution is -2.64. The quantitative estimate of drug-likeness (QED) is 0.334. The Labute approximate surface area is 237 Å². The topological polar surface area (TPSA) is 99.9 Å². The standard InChI is InChI=1S/C32H29N5O4/c38-30(39)29-22-34(31(40)37-27-17-9-7-11-23(27)21-33-26-16-8-10-18-28(26)37)19-20-35(29)32(41)36(24-12-3-1-4-13-24)25-14-5-2-6-15-25/h1-18,21,29,32,41H,19-20,22H2,(H,38,39)/t29-,32?/m0/s1. The average Bonchev–Trinajstić information content (AvgIpc) is 3.18. The van der Waals surface area contributed by atoms with Crippen LogP contribution in [0.25, 0.3) is 0 Å². The largest absolute Gasteiger partial charge is 0.480 e. The molecule has 206 valence electrons. The van der Waals surface area contributed by atoms with E-state index in [0.29, 0.717) is 28.4 Å². The molecule has 1 fully saturated rings. The van der Waals surface area contributed by atoms with Crippen LogP contribution in [0.2, 0.25) is 0 Å². The zero-order chi connectivity index (χ0) is 28.3. The summed E-state index contributed by atoms with van der Waals surface area (Å²) in [5, 5.41) is 22.0. The Hall–Kier alpha value is -4.99. The van der Waals surface area contributed by atoms with Crippen LogP contribution in [0.3, 0.4) is 0 Å². The van der Waals surface area contributed by atoms with Crippen LogP contribution in [0.5, 0.6) is 0 Å². The highest BCUT2D eigenvalue weighted by molar-refractivity contribution is 6.08. The number of carbonyl (C=O) groups is 2. The van der Waals surface area contributed by atoms with Crippen LogP contribution >= 0.6 is 0 Å². The fourth-order valence-corrected chi connectivity index (χ4v) is 5.39. The number of carboxylic acid groups (broad SMARTS) is 1. The van der Waals surface area contributed by atoms with Crippen molar-refractivity contribution in [3.8, 4) is 0 Å². The third-order valence-electron chi connectivity index (χ3n) is 7.41. The third kappa shape index (κ3) is 5.04. The van der Waals surface area contributed by atoms with E-state index in [4.69, 9.17) is 0 Å². The molecule has 4 aromatic carbocycles. The molecule has 0 radical (unpaired) electrons. The minimum Gasteiger partial charge on any atom is -0.480 e. The summed E-state index contributed by atoms with van der Waals surface area (Å²) in [6.45, 7) is 0.261. The number of rotatable bonds is 5. The van der Waals surface area contributed by atoms with Crippen LogP contribution in [0.4, 0.5) is 33.2 Å². The minimum absolute atomic E-state index is 0.107. The van der Waals surface area contributed by atoms with Gasteiger partial charge < -0.3 is 20.0 Å². The Morgan fingerprint density at radius 2 is 1.37 bits per heavy atom. The number of benzene rings is 4. The predicted octanol–water partition coefficient (Wildman–Crippen LogP) is 5.19. The molecule has 2 heterocycles. The summed E-state index contributed by atoms with van der Waals surface area (Å²) in [7, 11) is 0. The Kier molecular flexibility index (Phi) is 7.20. The molecule has 0 bridgehead atoms. The zero-order valence-electron chi connectivity index (χ0n) is 22.2. The van der Waals surface area contributed by atoms with E-state index in [1.807, 2.05) is 109 Å². The van der Waals surface area contributed by atoms with E-state index in [-0.39, 0.29) is 25.7 Å². The van der Waals surface area contributed by atoms with Crippen molar-refractivity contribution in [3.05, 3.63) is 115 Å². The molecule has 2 N–H and O–H groups in total. The second-order valence-electron chi connectivity index (χ2n) is 9.85. The van der Waals surface area contributed by atoms with E-state index in [9.17, 15) is 19.8 Å². The number of carboxylic acids is 1. The maximum Gasteiger partial charge on any atom is 0.329 e. The van der Waals surface area contributed by atoms with E-state index < -0.39 is 18.4 Å². The lowest BCUT2D eigenvalue weighted by atomic mass is 10.1. The fourth-order valence-electron chi connectivity index (χ4n) is 5.39. The highest BCUT2D eigenvalue weighted by Gasteiger charge is 2.41. The van der Waals surface area contributed by atoms with Gasteiger partial charge in [0.15, 0.2) is 6.35 Å². The molecule has 0 saturated carbocycles. The van der Waals surface area contributed by atoms with Gasteiger partial charge in [-0.2, -0.15) is 0 Å². The first-order valence-electron chi connectivity index (χ1n) is 13.4. The van der Waals surface area contributed by atoms with Crippen molar-refractivity contribution in [2.45, 2.75) is 12.4 Å². The molecular formula is C32H29N5O4. The average molecular weight is 548 g/mol. The highest BCUT2D eigenvalue weighted by Crippen LogP contribution is 2.39. The number of para-hydroxylation sites is 5. The van der Waals surface area contributed by atoms with E-state index in [1.165, 1.54) is 9.80 Å². The van der Waals surface area contributed by atoms with Crippen molar-refractivity contribution in [1.82, 2.24) is 9.80 Å². The molecule has 2 amide bonds. The van der Waals surface area contributed by atoms with Crippen LogP contribution in [-0.4, -0.2) is 70.3 Å². The van der Waals surface area contributed by atoms with Crippen LogP contribution in [0.15, 0.2) is 114 Å². The maximum absolute atomic E-state index is 14.2. The van der Waals surface area contributed by atoms with Gasteiger partial charge in [0.05, 0.1) is 17.1 Å². The summed E-state index contributed by atoms with van der Waals surface area (Å²) in [5.41, 5.74) is 4.13. The summed E-state index contributed by atoms with van der Waals surface area (Å²) in [6, 6.07) is 32.1. The van der Waals surface area contributed by atoms with Gasteiger partial charge >= 0.3 is 12.0 Å². The molecule has 6 rings (SSSR count). The van der Waals surface area contributed by atoms with E-state index >= 15 is 0 Å². The van der Waals surface area contributed by atoms with Crippen molar-refractivity contribution >= 4 is 46.7 Å². The van der Waals surface area contributed by atoms with Crippen molar-refractivity contribution in [1.29, 1.82) is 0 Å². The maximum atomic E-state index is 14.2. The number of amides is 2. The fraction of sp³-hybridized carbons (Fsp3) is 0.156. The number of hydrogen-bond donors (Lipinski definition) is 2. The van der Waals surface area contributed by atoms with Crippen LogP contribution in [0.1, 0.15) is 5.56 Å². The van der Waals surface area contributed by atoms with Gasteiger partial charge in [-0.1, -0.05) is 66.7 Å². The predicted molar refractivity (Wildman–Crippen MR) is 158 cm³/mol. The Morgan fingerprint density at radius 3 is 2.02 bits per heavy atom. The molecule has 4 aromatic rings. The van der Waals surface area contributed by atoms with Gasteiger partial charge in [0.2, 0.25) is 0 Å². The number of piperazine rings is 1. The number of urea groups is 1. The van der Waals surface area contributed by atoms with Crippen LogP contribution in [0, 0.1) is 0 Å². The molecule has 9 heteroatoms.